The Hall–Kier alpha value is -1.89. The van der Waals surface area contributed by atoms with Crippen molar-refractivity contribution in [2.24, 2.45) is 0 Å². The molecular formula is C19H22O. The molecule has 0 amide bonds. The van der Waals surface area contributed by atoms with Crippen molar-refractivity contribution < 1.29 is 4.79 Å². The number of hydrogen-bond donors (Lipinski definition) is 0. The zero-order valence-electron chi connectivity index (χ0n) is 12.1. The largest absolute Gasteiger partial charge is 0.298 e. The number of unbranched alkanes of at least 4 members (excludes halogenated alkanes) is 3. The van der Waals surface area contributed by atoms with Crippen LogP contribution in [0.25, 0.3) is 11.1 Å². The quantitative estimate of drug-likeness (QED) is 0.491. The highest BCUT2D eigenvalue weighted by Crippen LogP contribution is 2.26. The van der Waals surface area contributed by atoms with E-state index in [1.807, 2.05) is 18.2 Å². The van der Waals surface area contributed by atoms with Gasteiger partial charge < -0.3 is 0 Å². The van der Waals surface area contributed by atoms with Crippen molar-refractivity contribution in [1.29, 1.82) is 0 Å². The lowest BCUT2D eigenvalue weighted by Crippen LogP contribution is -1.93. The molecule has 0 radical (unpaired) electrons. The number of aldehydes is 1. The summed E-state index contributed by atoms with van der Waals surface area (Å²) in [6.07, 6.45) is 6.97. The van der Waals surface area contributed by atoms with Gasteiger partial charge >= 0.3 is 0 Å². The fourth-order valence-corrected chi connectivity index (χ4v) is 2.54. The maximum Gasteiger partial charge on any atom is 0.150 e. The molecule has 0 aliphatic heterocycles. The van der Waals surface area contributed by atoms with Crippen molar-refractivity contribution in [3.63, 3.8) is 0 Å². The standard InChI is InChI=1S/C19H22O/c1-2-3-4-6-11-18-14-16(15-20)12-13-19(18)17-9-7-5-8-10-17/h5,7-10,12-15H,2-4,6,11H2,1H3. The molecule has 0 spiro atoms. The maximum absolute atomic E-state index is 11.0. The molecule has 0 aromatic heterocycles. The van der Waals surface area contributed by atoms with Gasteiger partial charge in [0.15, 0.2) is 0 Å². The third-order valence-electron chi connectivity index (χ3n) is 3.65. The van der Waals surface area contributed by atoms with E-state index < -0.39 is 0 Å². The minimum atomic E-state index is 0.773. The molecule has 20 heavy (non-hydrogen) atoms. The third kappa shape index (κ3) is 3.80. The highest BCUT2D eigenvalue weighted by Gasteiger charge is 2.06. The normalized spacial score (nSPS) is 10.4. The number of carbonyl (C=O) groups is 1. The number of aryl methyl sites for hydroxylation is 1. The van der Waals surface area contributed by atoms with E-state index in [1.54, 1.807) is 0 Å². The Morgan fingerprint density at radius 3 is 2.45 bits per heavy atom. The maximum atomic E-state index is 11.0. The Morgan fingerprint density at radius 1 is 0.950 bits per heavy atom. The number of rotatable bonds is 7. The second-order valence-electron chi connectivity index (χ2n) is 5.21. The second-order valence-corrected chi connectivity index (χ2v) is 5.21. The molecule has 0 aliphatic rings. The van der Waals surface area contributed by atoms with Crippen molar-refractivity contribution >= 4 is 6.29 Å². The molecule has 2 aromatic carbocycles. The van der Waals surface area contributed by atoms with Crippen molar-refractivity contribution in [2.45, 2.75) is 39.0 Å². The molecule has 0 bridgehead atoms. The van der Waals surface area contributed by atoms with Crippen molar-refractivity contribution in [3.05, 3.63) is 59.7 Å². The van der Waals surface area contributed by atoms with Crippen LogP contribution in [-0.2, 0) is 6.42 Å². The molecule has 0 unspecified atom stereocenters. The zero-order valence-corrected chi connectivity index (χ0v) is 12.1. The Labute approximate surface area is 121 Å². The summed E-state index contributed by atoms with van der Waals surface area (Å²) < 4.78 is 0. The smallest absolute Gasteiger partial charge is 0.150 e. The molecule has 0 saturated carbocycles. The van der Waals surface area contributed by atoms with Gasteiger partial charge in [-0.2, -0.15) is 0 Å². The van der Waals surface area contributed by atoms with Gasteiger partial charge in [0.05, 0.1) is 0 Å². The topological polar surface area (TPSA) is 17.1 Å². The summed E-state index contributed by atoms with van der Waals surface area (Å²) in [6, 6.07) is 16.4. The molecular weight excluding hydrogens is 244 g/mol. The summed E-state index contributed by atoms with van der Waals surface area (Å²) in [5, 5.41) is 0. The summed E-state index contributed by atoms with van der Waals surface area (Å²) in [7, 11) is 0. The van der Waals surface area contributed by atoms with Crippen molar-refractivity contribution in [1.82, 2.24) is 0 Å². The van der Waals surface area contributed by atoms with E-state index in [4.69, 9.17) is 0 Å². The highest BCUT2D eigenvalue weighted by atomic mass is 16.1. The monoisotopic (exact) mass is 266 g/mol. The number of carbonyl (C=O) groups excluding carboxylic acids is 1. The van der Waals surface area contributed by atoms with Gasteiger partial charge in [-0.3, -0.25) is 4.79 Å². The van der Waals surface area contributed by atoms with E-state index >= 15 is 0 Å². The van der Waals surface area contributed by atoms with Crippen LogP contribution in [0.3, 0.4) is 0 Å². The molecule has 0 heterocycles. The highest BCUT2D eigenvalue weighted by molar-refractivity contribution is 5.78. The summed E-state index contributed by atoms with van der Waals surface area (Å²) >= 11 is 0. The minimum absolute atomic E-state index is 0.773. The van der Waals surface area contributed by atoms with Gasteiger partial charge in [-0.15, -0.1) is 0 Å². The van der Waals surface area contributed by atoms with E-state index in [2.05, 4.69) is 37.3 Å². The zero-order chi connectivity index (χ0) is 14.2. The number of benzene rings is 2. The molecule has 0 atom stereocenters. The van der Waals surface area contributed by atoms with Crippen LogP contribution in [0.5, 0.6) is 0 Å². The van der Waals surface area contributed by atoms with Gasteiger partial charge in [-0.05, 0) is 35.6 Å². The molecule has 104 valence electrons. The first-order valence-corrected chi connectivity index (χ1v) is 7.48. The summed E-state index contributed by atoms with van der Waals surface area (Å²) in [5.74, 6) is 0. The molecule has 0 saturated heterocycles. The fourth-order valence-electron chi connectivity index (χ4n) is 2.54. The van der Waals surface area contributed by atoms with Crippen LogP contribution < -0.4 is 0 Å². The molecule has 1 nitrogen and oxygen atoms in total. The molecule has 0 fully saturated rings. The second kappa shape index (κ2) is 7.64. The Balaban J connectivity index is 2.24. The van der Waals surface area contributed by atoms with E-state index in [1.165, 1.54) is 42.4 Å². The van der Waals surface area contributed by atoms with Gasteiger partial charge in [0, 0.05) is 5.56 Å². The lowest BCUT2D eigenvalue weighted by atomic mass is 9.94. The number of hydrogen-bond acceptors (Lipinski definition) is 1. The summed E-state index contributed by atoms with van der Waals surface area (Å²) in [6.45, 7) is 2.22. The van der Waals surface area contributed by atoms with Gasteiger partial charge in [0.1, 0.15) is 6.29 Å². The van der Waals surface area contributed by atoms with Crippen LogP contribution in [0.1, 0.15) is 48.5 Å². The molecule has 1 heteroatoms. The van der Waals surface area contributed by atoms with Crippen LogP contribution in [0.2, 0.25) is 0 Å². The van der Waals surface area contributed by atoms with Crippen LogP contribution in [0, 0.1) is 0 Å². The predicted molar refractivity (Wildman–Crippen MR) is 85.1 cm³/mol. The molecule has 0 N–H and O–H groups in total. The first kappa shape index (κ1) is 14.5. The van der Waals surface area contributed by atoms with Crippen LogP contribution >= 0.6 is 0 Å². The molecule has 2 rings (SSSR count). The van der Waals surface area contributed by atoms with Gasteiger partial charge in [0.2, 0.25) is 0 Å². The third-order valence-corrected chi connectivity index (χ3v) is 3.65. The Kier molecular flexibility index (Phi) is 5.55. The van der Waals surface area contributed by atoms with E-state index in [-0.39, 0.29) is 0 Å². The van der Waals surface area contributed by atoms with Crippen LogP contribution in [0.15, 0.2) is 48.5 Å². The first-order chi connectivity index (χ1) is 9.85. The molecule has 0 aliphatic carbocycles. The van der Waals surface area contributed by atoms with Gasteiger partial charge in [-0.25, -0.2) is 0 Å². The SMILES string of the molecule is CCCCCCc1cc(C=O)ccc1-c1ccccc1. The van der Waals surface area contributed by atoms with E-state index in [0.29, 0.717) is 0 Å². The first-order valence-electron chi connectivity index (χ1n) is 7.48. The predicted octanol–water partition coefficient (Wildman–Crippen LogP) is 5.29. The van der Waals surface area contributed by atoms with E-state index in [9.17, 15) is 4.79 Å². The van der Waals surface area contributed by atoms with Gasteiger partial charge in [0.25, 0.3) is 0 Å². The Morgan fingerprint density at radius 2 is 1.75 bits per heavy atom. The van der Waals surface area contributed by atoms with Crippen LogP contribution in [-0.4, -0.2) is 6.29 Å². The average Bonchev–Trinajstić information content (AvgIpc) is 2.52. The lowest BCUT2D eigenvalue weighted by Gasteiger charge is -2.11. The lowest BCUT2D eigenvalue weighted by molar-refractivity contribution is 0.112. The average molecular weight is 266 g/mol. The van der Waals surface area contributed by atoms with Crippen LogP contribution in [0.4, 0.5) is 0 Å². The summed E-state index contributed by atoms with van der Waals surface area (Å²) in [5.41, 5.74) is 4.55. The molecule has 2 aromatic rings. The van der Waals surface area contributed by atoms with E-state index in [0.717, 1.165) is 18.3 Å². The Bertz CT molecular complexity index is 543. The fraction of sp³-hybridized carbons (Fsp3) is 0.316. The minimum Gasteiger partial charge on any atom is -0.298 e. The van der Waals surface area contributed by atoms with Crippen molar-refractivity contribution in [3.8, 4) is 11.1 Å². The summed E-state index contributed by atoms with van der Waals surface area (Å²) in [4.78, 5) is 11.0. The van der Waals surface area contributed by atoms with Gasteiger partial charge in [-0.1, -0.05) is 68.7 Å². The van der Waals surface area contributed by atoms with Crippen molar-refractivity contribution in [2.75, 3.05) is 0 Å².